The van der Waals surface area contributed by atoms with E-state index < -0.39 is 17.6 Å². The third kappa shape index (κ3) is 2.85. The summed E-state index contributed by atoms with van der Waals surface area (Å²) in [4.78, 5) is 11.5. The van der Waals surface area contributed by atoms with E-state index in [1.807, 2.05) is 0 Å². The van der Waals surface area contributed by atoms with Crippen molar-refractivity contribution in [3.8, 4) is 0 Å². The van der Waals surface area contributed by atoms with Gasteiger partial charge in [-0.25, -0.2) is 4.79 Å². The van der Waals surface area contributed by atoms with Gasteiger partial charge in [0.2, 0.25) is 0 Å². The Bertz CT molecular complexity index is 300. The standard InChI is InChI=1S/C9H15N3O2/c1-9(2,3)14-8(13)7(10)6-4-11-12-5-6/h4-5,7H,10H2,1-3H3,(H,11,12). The first-order valence-electron chi connectivity index (χ1n) is 4.37. The van der Waals surface area contributed by atoms with Gasteiger partial charge in [0.1, 0.15) is 11.6 Å². The monoisotopic (exact) mass is 197 g/mol. The molecule has 0 radical (unpaired) electrons. The Labute approximate surface area is 82.6 Å². The maximum absolute atomic E-state index is 11.5. The zero-order valence-electron chi connectivity index (χ0n) is 8.57. The van der Waals surface area contributed by atoms with E-state index in [0.717, 1.165) is 0 Å². The van der Waals surface area contributed by atoms with Crippen molar-refractivity contribution >= 4 is 5.97 Å². The summed E-state index contributed by atoms with van der Waals surface area (Å²) >= 11 is 0. The van der Waals surface area contributed by atoms with Crippen molar-refractivity contribution in [3.05, 3.63) is 18.0 Å². The molecule has 0 saturated carbocycles. The minimum Gasteiger partial charge on any atom is -0.459 e. The number of aromatic amines is 1. The Morgan fingerprint density at radius 3 is 2.71 bits per heavy atom. The molecule has 5 heteroatoms. The van der Waals surface area contributed by atoms with E-state index in [1.165, 1.54) is 6.20 Å². The SMILES string of the molecule is CC(C)(C)OC(=O)C(N)c1cn[nH]c1. The van der Waals surface area contributed by atoms with Crippen LogP contribution in [0.1, 0.15) is 32.4 Å². The van der Waals surface area contributed by atoms with Crippen LogP contribution in [0.25, 0.3) is 0 Å². The van der Waals surface area contributed by atoms with Crippen molar-refractivity contribution in [3.63, 3.8) is 0 Å². The quantitative estimate of drug-likeness (QED) is 0.685. The molecule has 5 nitrogen and oxygen atoms in total. The summed E-state index contributed by atoms with van der Waals surface area (Å²) in [5.41, 5.74) is 5.76. The summed E-state index contributed by atoms with van der Waals surface area (Å²) in [5.74, 6) is -0.445. The van der Waals surface area contributed by atoms with Crippen molar-refractivity contribution < 1.29 is 9.53 Å². The Kier molecular flexibility index (Phi) is 2.90. The fraction of sp³-hybridized carbons (Fsp3) is 0.556. The lowest BCUT2D eigenvalue weighted by Crippen LogP contribution is -2.31. The number of nitrogens with zero attached hydrogens (tertiary/aromatic N) is 1. The largest absolute Gasteiger partial charge is 0.459 e. The predicted molar refractivity (Wildman–Crippen MR) is 51.4 cm³/mol. The number of hydrogen-bond donors (Lipinski definition) is 2. The molecule has 1 unspecified atom stereocenters. The van der Waals surface area contributed by atoms with E-state index >= 15 is 0 Å². The van der Waals surface area contributed by atoms with Crippen LogP contribution in [0, 0.1) is 0 Å². The normalized spacial score (nSPS) is 13.7. The Balaban J connectivity index is 2.63. The molecule has 0 fully saturated rings. The fourth-order valence-corrected chi connectivity index (χ4v) is 0.932. The lowest BCUT2D eigenvalue weighted by atomic mass is 10.1. The highest BCUT2D eigenvalue weighted by atomic mass is 16.6. The Morgan fingerprint density at radius 1 is 1.64 bits per heavy atom. The number of ether oxygens (including phenoxy) is 1. The molecule has 0 bridgehead atoms. The van der Waals surface area contributed by atoms with Crippen molar-refractivity contribution in [1.82, 2.24) is 10.2 Å². The molecule has 1 aromatic rings. The van der Waals surface area contributed by atoms with Crippen LogP contribution in [0.15, 0.2) is 12.4 Å². The lowest BCUT2D eigenvalue weighted by Gasteiger charge is -2.21. The van der Waals surface area contributed by atoms with Gasteiger partial charge in [0.25, 0.3) is 0 Å². The summed E-state index contributed by atoms with van der Waals surface area (Å²) in [6, 6.07) is -0.770. The van der Waals surface area contributed by atoms with Crippen LogP contribution in [0.3, 0.4) is 0 Å². The summed E-state index contributed by atoms with van der Waals surface area (Å²) in [6.45, 7) is 5.40. The summed E-state index contributed by atoms with van der Waals surface area (Å²) in [7, 11) is 0. The first-order chi connectivity index (χ1) is 6.40. The van der Waals surface area contributed by atoms with Gasteiger partial charge in [-0.3, -0.25) is 5.10 Å². The molecule has 0 aliphatic rings. The van der Waals surface area contributed by atoms with Gasteiger partial charge in [0, 0.05) is 11.8 Å². The molecule has 1 atom stereocenters. The number of H-pyrrole nitrogens is 1. The highest BCUT2D eigenvalue weighted by molar-refractivity contribution is 5.77. The number of rotatable bonds is 2. The van der Waals surface area contributed by atoms with E-state index in [2.05, 4.69) is 10.2 Å². The number of esters is 1. The molecule has 0 spiro atoms. The van der Waals surface area contributed by atoms with Crippen LogP contribution >= 0.6 is 0 Å². The van der Waals surface area contributed by atoms with E-state index in [0.29, 0.717) is 5.56 Å². The molecule has 1 heterocycles. The zero-order valence-corrected chi connectivity index (χ0v) is 8.57. The molecular weight excluding hydrogens is 182 g/mol. The predicted octanol–water partition coefficient (Wildman–Crippen LogP) is 0.751. The van der Waals surface area contributed by atoms with Crippen molar-refractivity contribution in [2.45, 2.75) is 32.4 Å². The average molecular weight is 197 g/mol. The van der Waals surface area contributed by atoms with Gasteiger partial charge in [-0.15, -0.1) is 0 Å². The third-order valence-corrected chi connectivity index (χ3v) is 1.54. The average Bonchev–Trinajstić information content (AvgIpc) is 2.51. The van der Waals surface area contributed by atoms with Crippen LogP contribution in [0.5, 0.6) is 0 Å². The summed E-state index contributed by atoms with van der Waals surface area (Å²) in [5, 5.41) is 6.30. The van der Waals surface area contributed by atoms with E-state index in [4.69, 9.17) is 10.5 Å². The molecule has 1 aromatic heterocycles. The minimum absolute atomic E-state index is 0.445. The van der Waals surface area contributed by atoms with Gasteiger partial charge in [-0.1, -0.05) is 0 Å². The second kappa shape index (κ2) is 3.79. The maximum atomic E-state index is 11.5. The second-order valence-corrected chi connectivity index (χ2v) is 4.04. The Morgan fingerprint density at radius 2 is 2.29 bits per heavy atom. The number of hydrogen-bond acceptors (Lipinski definition) is 4. The molecule has 14 heavy (non-hydrogen) atoms. The van der Waals surface area contributed by atoms with Gasteiger partial charge in [-0.2, -0.15) is 5.10 Å². The first-order valence-corrected chi connectivity index (χ1v) is 4.37. The lowest BCUT2D eigenvalue weighted by molar-refractivity contribution is -0.156. The molecule has 3 N–H and O–H groups in total. The third-order valence-electron chi connectivity index (χ3n) is 1.54. The summed E-state index contributed by atoms with van der Waals surface area (Å²) < 4.78 is 5.12. The molecule has 0 saturated heterocycles. The number of nitrogens with one attached hydrogen (secondary N) is 1. The van der Waals surface area contributed by atoms with Crippen molar-refractivity contribution in [2.24, 2.45) is 5.73 Å². The van der Waals surface area contributed by atoms with Gasteiger partial charge in [-0.05, 0) is 20.8 Å². The van der Waals surface area contributed by atoms with Crippen LogP contribution in [0.2, 0.25) is 0 Å². The molecule has 0 aliphatic heterocycles. The molecular formula is C9H15N3O2. The van der Waals surface area contributed by atoms with Crippen molar-refractivity contribution in [2.75, 3.05) is 0 Å². The highest BCUT2D eigenvalue weighted by Gasteiger charge is 2.23. The smallest absolute Gasteiger partial charge is 0.328 e. The Hall–Kier alpha value is -1.36. The van der Waals surface area contributed by atoms with Crippen LogP contribution < -0.4 is 5.73 Å². The van der Waals surface area contributed by atoms with Crippen LogP contribution in [-0.4, -0.2) is 21.8 Å². The number of aromatic nitrogens is 2. The van der Waals surface area contributed by atoms with E-state index in [1.54, 1.807) is 27.0 Å². The van der Waals surface area contributed by atoms with Crippen molar-refractivity contribution in [1.29, 1.82) is 0 Å². The zero-order chi connectivity index (χ0) is 10.8. The number of carbonyl (C=O) groups excluding carboxylic acids is 1. The fourth-order valence-electron chi connectivity index (χ4n) is 0.932. The second-order valence-electron chi connectivity index (χ2n) is 4.04. The number of carbonyl (C=O) groups is 1. The van der Waals surface area contributed by atoms with Gasteiger partial charge in [0.15, 0.2) is 0 Å². The highest BCUT2D eigenvalue weighted by Crippen LogP contribution is 2.14. The van der Waals surface area contributed by atoms with Gasteiger partial charge >= 0.3 is 5.97 Å². The molecule has 78 valence electrons. The van der Waals surface area contributed by atoms with Gasteiger partial charge < -0.3 is 10.5 Å². The summed E-state index contributed by atoms with van der Waals surface area (Å²) in [6.07, 6.45) is 3.09. The molecule has 0 aromatic carbocycles. The number of nitrogens with two attached hydrogens (primary N) is 1. The first kappa shape index (κ1) is 10.7. The van der Waals surface area contributed by atoms with Crippen LogP contribution in [0.4, 0.5) is 0 Å². The minimum atomic E-state index is -0.770. The topological polar surface area (TPSA) is 81.0 Å². The molecule has 1 rings (SSSR count). The van der Waals surface area contributed by atoms with Crippen LogP contribution in [-0.2, 0) is 9.53 Å². The molecule has 0 amide bonds. The van der Waals surface area contributed by atoms with E-state index in [9.17, 15) is 4.79 Å². The molecule has 0 aliphatic carbocycles. The maximum Gasteiger partial charge on any atom is 0.328 e. The van der Waals surface area contributed by atoms with Gasteiger partial charge in [0.05, 0.1) is 6.20 Å². The van der Waals surface area contributed by atoms with E-state index in [-0.39, 0.29) is 0 Å².